The topological polar surface area (TPSA) is 84.2 Å². The summed E-state index contributed by atoms with van der Waals surface area (Å²) in [5, 5.41) is 16.4. The van der Waals surface area contributed by atoms with Gasteiger partial charge in [0.25, 0.3) is 0 Å². The van der Waals surface area contributed by atoms with Crippen LogP contribution in [-0.2, 0) is 0 Å². The van der Waals surface area contributed by atoms with Gasteiger partial charge >= 0.3 is 0 Å². The quantitative estimate of drug-likeness (QED) is 0.721. The molecule has 0 aliphatic heterocycles. The number of hydrogen-bond donors (Lipinski definition) is 3. The number of aromatic nitrogens is 2. The van der Waals surface area contributed by atoms with E-state index in [1.54, 1.807) is 31.4 Å². The molecule has 1 aromatic heterocycles. The average Bonchev–Trinajstić information content (AvgIpc) is 2.75. The first-order chi connectivity index (χ1) is 7.72. The molecule has 0 saturated heterocycles. The van der Waals surface area contributed by atoms with E-state index in [0.29, 0.717) is 11.4 Å². The van der Waals surface area contributed by atoms with Crippen molar-refractivity contribution >= 4 is 5.82 Å². The van der Waals surface area contributed by atoms with Crippen molar-refractivity contribution in [2.75, 3.05) is 12.8 Å². The summed E-state index contributed by atoms with van der Waals surface area (Å²) in [6.45, 7) is 0. The second kappa shape index (κ2) is 4.24. The summed E-state index contributed by atoms with van der Waals surface area (Å²) in [5.74, 6) is 1.12. The lowest BCUT2D eigenvalue weighted by Crippen LogP contribution is -2.01. The summed E-state index contributed by atoms with van der Waals surface area (Å²) < 4.78 is 5.04. The molecule has 1 aromatic carbocycles. The fourth-order valence-corrected chi connectivity index (χ4v) is 1.49. The Balaban J connectivity index is 2.27. The van der Waals surface area contributed by atoms with Crippen molar-refractivity contribution in [1.82, 2.24) is 10.2 Å². The number of hydrogen-bond acceptors (Lipinski definition) is 4. The molecule has 0 radical (unpaired) electrons. The maximum Gasteiger partial charge on any atom is 0.125 e. The monoisotopic (exact) mass is 219 g/mol. The second-order valence-electron chi connectivity index (χ2n) is 3.41. The van der Waals surface area contributed by atoms with Gasteiger partial charge in [-0.05, 0) is 17.7 Å². The first kappa shape index (κ1) is 10.5. The maximum absolute atomic E-state index is 10.0. The highest BCUT2D eigenvalue weighted by Crippen LogP contribution is 2.26. The smallest absolute Gasteiger partial charge is 0.125 e. The lowest BCUT2D eigenvalue weighted by molar-refractivity contribution is 0.221. The van der Waals surface area contributed by atoms with E-state index in [0.717, 1.165) is 11.3 Å². The molecule has 1 heterocycles. The highest BCUT2D eigenvalue weighted by atomic mass is 16.5. The van der Waals surface area contributed by atoms with Crippen LogP contribution in [0.15, 0.2) is 30.5 Å². The molecule has 2 rings (SSSR count). The molecule has 0 aliphatic carbocycles. The zero-order chi connectivity index (χ0) is 11.5. The number of aliphatic hydroxyl groups excluding tert-OH is 1. The number of nitrogens with zero attached hydrogens (tertiary/aromatic N) is 1. The number of anilines is 1. The van der Waals surface area contributed by atoms with Gasteiger partial charge in [-0.2, -0.15) is 5.10 Å². The molecule has 1 atom stereocenters. The zero-order valence-corrected chi connectivity index (χ0v) is 8.84. The van der Waals surface area contributed by atoms with E-state index in [1.807, 2.05) is 0 Å². The van der Waals surface area contributed by atoms with E-state index >= 15 is 0 Å². The van der Waals surface area contributed by atoms with Gasteiger partial charge < -0.3 is 15.6 Å². The Bertz CT molecular complexity index is 464. The third kappa shape index (κ3) is 1.85. The highest BCUT2D eigenvalue weighted by Gasteiger charge is 2.14. The van der Waals surface area contributed by atoms with Crippen LogP contribution in [0.5, 0.6) is 5.75 Å². The minimum Gasteiger partial charge on any atom is -0.497 e. The average molecular weight is 219 g/mol. The number of aromatic amines is 1. The largest absolute Gasteiger partial charge is 0.497 e. The van der Waals surface area contributed by atoms with Gasteiger partial charge in [-0.15, -0.1) is 0 Å². The van der Waals surface area contributed by atoms with E-state index in [4.69, 9.17) is 10.5 Å². The van der Waals surface area contributed by atoms with Crippen LogP contribution in [0.2, 0.25) is 0 Å². The molecule has 0 spiro atoms. The standard InChI is InChI=1S/C11H13N3O2/c1-16-8-4-2-7(3-5-8)10(15)9-6-13-14-11(9)12/h2-6,10,15H,1H3,(H3,12,13,14). The minimum atomic E-state index is -0.773. The molecule has 2 aromatic rings. The molecular formula is C11H13N3O2. The lowest BCUT2D eigenvalue weighted by atomic mass is 10.0. The third-order valence-corrected chi connectivity index (χ3v) is 2.43. The Hall–Kier alpha value is -2.01. The van der Waals surface area contributed by atoms with Crippen LogP contribution in [0, 0.1) is 0 Å². The molecule has 0 bridgehead atoms. The summed E-state index contributed by atoms with van der Waals surface area (Å²) in [6.07, 6.45) is 0.745. The van der Waals surface area contributed by atoms with Gasteiger partial charge in [-0.3, -0.25) is 5.10 Å². The molecule has 5 heteroatoms. The summed E-state index contributed by atoms with van der Waals surface area (Å²) in [4.78, 5) is 0. The van der Waals surface area contributed by atoms with E-state index in [2.05, 4.69) is 10.2 Å². The molecule has 84 valence electrons. The molecule has 0 saturated carbocycles. The van der Waals surface area contributed by atoms with Crippen LogP contribution < -0.4 is 10.5 Å². The maximum atomic E-state index is 10.0. The third-order valence-electron chi connectivity index (χ3n) is 2.43. The highest BCUT2D eigenvalue weighted by molar-refractivity contribution is 5.43. The Labute approximate surface area is 92.9 Å². The summed E-state index contributed by atoms with van der Waals surface area (Å²) >= 11 is 0. The van der Waals surface area contributed by atoms with E-state index in [-0.39, 0.29) is 0 Å². The number of aliphatic hydroxyl groups is 1. The fourth-order valence-electron chi connectivity index (χ4n) is 1.49. The number of nitrogens with one attached hydrogen (secondary N) is 1. The fraction of sp³-hybridized carbons (Fsp3) is 0.182. The van der Waals surface area contributed by atoms with Gasteiger partial charge in [-0.1, -0.05) is 12.1 Å². The van der Waals surface area contributed by atoms with Crippen molar-refractivity contribution in [3.8, 4) is 5.75 Å². The molecule has 16 heavy (non-hydrogen) atoms. The minimum absolute atomic E-state index is 0.378. The van der Waals surface area contributed by atoms with Crippen LogP contribution in [0.3, 0.4) is 0 Å². The SMILES string of the molecule is COc1ccc(C(O)c2cn[nH]c2N)cc1. The molecule has 0 aliphatic rings. The Morgan fingerprint density at radius 3 is 2.56 bits per heavy atom. The Kier molecular flexibility index (Phi) is 2.78. The number of benzene rings is 1. The molecule has 4 N–H and O–H groups in total. The summed E-state index contributed by atoms with van der Waals surface area (Å²) in [5.41, 5.74) is 6.95. The van der Waals surface area contributed by atoms with E-state index in [9.17, 15) is 5.11 Å². The predicted octanol–water partition coefficient (Wildman–Crippen LogP) is 1.08. The van der Waals surface area contributed by atoms with Crippen molar-refractivity contribution < 1.29 is 9.84 Å². The van der Waals surface area contributed by atoms with E-state index < -0.39 is 6.10 Å². The number of nitrogens with two attached hydrogens (primary N) is 1. The van der Waals surface area contributed by atoms with Gasteiger partial charge in [0.05, 0.1) is 13.3 Å². The van der Waals surface area contributed by atoms with Crippen molar-refractivity contribution in [2.24, 2.45) is 0 Å². The van der Waals surface area contributed by atoms with E-state index in [1.165, 1.54) is 6.20 Å². The van der Waals surface area contributed by atoms with Crippen molar-refractivity contribution in [3.05, 3.63) is 41.6 Å². The van der Waals surface area contributed by atoms with Gasteiger partial charge in [0.15, 0.2) is 0 Å². The number of ether oxygens (including phenoxy) is 1. The molecule has 1 unspecified atom stereocenters. The van der Waals surface area contributed by atoms with Crippen LogP contribution in [0.4, 0.5) is 5.82 Å². The first-order valence-electron chi connectivity index (χ1n) is 4.83. The van der Waals surface area contributed by atoms with Gasteiger partial charge in [0, 0.05) is 5.56 Å². The first-order valence-corrected chi connectivity index (χ1v) is 4.83. The number of H-pyrrole nitrogens is 1. The molecule has 0 amide bonds. The summed E-state index contributed by atoms with van der Waals surface area (Å²) in [6, 6.07) is 7.15. The van der Waals surface area contributed by atoms with Crippen LogP contribution in [-0.4, -0.2) is 22.4 Å². The lowest BCUT2D eigenvalue weighted by Gasteiger charge is -2.10. The van der Waals surface area contributed by atoms with Gasteiger partial charge in [0.2, 0.25) is 0 Å². The summed E-state index contributed by atoms with van der Waals surface area (Å²) in [7, 11) is 1.60. The molecule has 0 fully saturated rings. The number of rotatable bonds is 3. The molecule has 5 nitrogen and oxygen atoms in total. The van der Waals surface area contributed by atoms with Crippen LogP contribution in [0.1, 0.15) is 17.2 Å². The Morgan fingerprint density at radius 2 is 2.06 bits per heavy atom. The normalized spacial score (nSPS) is 12.4. The van der Waals surface area contributed by atoms with Gasteiger partial charge in [0.1, 0.15) is 17.7 Å². The Morgan fingerprint density at radius 1 is 1.38 bits per heavy atom. The van der Waals surface area contributed by atoms with Crippen LogP contribution >= 0.6 is 0 Å². The number of methoxy groups -OCH3 is 1. The second-order valence-corrected chi connectivity index (χ2v) is 3.41. The van der Waals surface area contributed by atoms with Gasteiger partial charge in [-0.25, -0.2) is 0 Å². The van der Waals surface area contributed by atoms with Crippen molar-refractivity contribution in [2.45, 2.75) is 6.10 Å². The van der Waals surface area contributed by atoms with Crippen LogP contribution in [0.25, 0.3) is 0 Å². The number of nitrogen functional groups attached to an aromatic ring is 1. The predicted molar refractivity (Wildman–Crippen MR) is 60.1 cm³/mol. The van der Waals surface area contributed by atoms with Crippen molar-refractivity contribution in [1.29, 1.82) is 0 Å². The van der Waals surface area contributed by atoms with Crippen molar-refractivity contribution in [3.63, 3.8) is 0 Å². The molecular weight excluding hydrogens is 206 g/mol. The zero-order valence-electron chi connectivity index (χ0n) is 8.84.